The Morgan fingerprint density at radius 1 is 1.29 bits per heavy atom. The summed E-state index contributed by atoms with van der Waals surface area (Å²) < 4.78 is 10.6. The SMILES string of the molecule is COc1ccc(OC)c(NC(=O)C(C)N2CCc3sccc3C2)c1. The van der Waals surface area contributed by atoms with Crippen molar-refractivity contribution in [2.75, 3.05) is 26.1 Å². The Morgan fingerprint density at radius 3 is 2.88 bits per heavy atom. The van der Waals surface area contributed by atoms with Crippen molar-refractivity contribution in [1.29, 1.82) is 0 Å². The average molecular weight is 346 g/mol. The molecule has 1 aliphatic heterocycles. The molecule has 1 atom stereocenters. The first-order valence-corrected chi connectivity index (χ1v) is 8.82. The van der Waals surface area contributed by atoms with Gasteiger partial charge < -0.3 is 14.8 Å². The summed E-state index contributed by atoms with van der Waals surface area (Å²) in [7, 11) is 3.19. The van der Waals surface area contributed by atoms with Gasteiger partial charge in [-0.3, -0.25) is 9.69 Å². The number of nitrogens with zero attached hydrogens (tertiary/aromatic N) is 1. The minimum atomic E-state index is -0.214. The normalized spacial score (nSPS) is 15.5. The van der Waals surface area contributed by atoms with E-state index in [2.05, 4.69) is 21.7 Å². The van der Waals surface area contributed by atoms with E-state index < -0.39 is 0 Å². The van der Waals surface area contributed by atoms with Crippen LogP contribution in [-0.4, -0.2) is 37.6 Å². The monoisotopic (exact) mass is 346 g/mol. The Balaban J connectivity index is 1.71. The molecule has 1 amide bonds. The third kappa shape index (κ3) is 3.39. The van der Waals surface area contributed by atoms with Gasteiger partial charge in [0.1, 0.15) is 11.5 Å². The van der Waals surface area contributed by atoms with Crippen LogP contribution >= 0.6 is 11.3 Å². The molecule has 0 aliphatic carbocycles. The van der Waals surface area contributed by atoms with Crippen LogP contribution in [0.2, 0.25) is 0 Å². The van der Waals surface area contributed by atoms with Crippen molar-refractivity contribution in [2.45, 2.75) is 25.9 Å². The number of fused-ring (bicyclic) bond motifs is 1. The highest BCUT2D eigenvalue weighted by Gasteiger charge is 2.26. The minimum absolute atomic E-state index is 0.0415. The number of amides is 1. The number of nitrogens with one attached hydrogen (secondary N) is 1. The van der Waals surface area contributed by atoms with E-state index in [9.17, 15) is 4.79 Å². The third-order valence-corrected chi connectivity index (χ3v) is 5.45. The van der Waals surface area contributed by atoms with Gasteiger partial charge in [-0.25, -0.2) is 0 Å². The van der Waals surface area contributed by atoms with Crippen molar-refractivity contribution in [3.05, 3.63) is 40.1 Å². The number of carbonyl (C=O) groups is 1. The molecule has 2 aromatic rings. The van der Waals surface area contributed by atoms with Crippen LogP contribution in [0.4, 0.5) is 5.69 Å². The zero-order valence-electron chi connectivity index (χ0n) is 14.2. The Hall–Kier alpha value is -2.05. The predicted octanol–water partition coefficient (Wildman–Crippen LogP) is 3.15. The maximum absolute atomic E-state index is 12.7. The van der Waals surface area contributed by atoms with Crippen LogP contribution in [0, 0.1) is 0 Å². The van der Waals surface area contributed by atoms with Gasteiger partial charge in [0.15, 0.2) is 0 Å². The zero-order chi connectivity index (χ0) is 17.1. The molecular formula is C18H22N2O3S. The molecule has 3 rings (SSSR count). The van der Waals surface area contributed by atoms with Gasteiger partial charge in [-0.2, -0.15) is 0 Å². The third-order valence-electron chi connectivity index (χ3n) is 4.43. The molecule has 2 heterocycles. The molecule has 5 nitrogen and oxygen atoms in total. The first kappa shape index (κ1) is 16.8. The largest absolute Gasteiger partial charge is 0.497 e. The van der Waals surface area contributed by atoms with Crippen molar-refractivity contribution in [3.63, 3.8) is 0 Å². The van der Waals surface area contributed by atoms with Gasteiger partial charge in [0.25, 0.3) is 0 Å². The van der Waals surface area contributed by atoms with Crippen molar-refractivity contribution in [2.24, 2.45) is 0 Å². The average Bonchev–Trinajstić information content (AvgIpc) is 3.08. The van der Waals surface area contributed by atoms with Crippen molar-refractivity contribution in [3.8, 4) is 11.5 Å². The standard InChI is InChI=1S/C18H22N2O3S/c1-12(20-8-6-17-13(11-20)7-9-24-17)18(21)19-15-10-14(22-2)4-5-16(15)23-3/h4-5,7,9-10,12H,6,8,11H2,1-3H3,(H,19,21). The van der Waals surface area contributed by atoms with Gasteiger partial charge in [-0.1, -0.05) is 0 Å². The summed E-state index contributed by atoms with van der Waals surface area (Å²) in [4.78, 5) is 16.3. The number of thiophene rings is 1. The molecule has 0 saturated heterocycles. The lowest BCUT2D eigenvalue weighted by molar-refractivity contribution is -0.121. The molecule has 24 heavy (non-hydrogen) atoms. The Morgan fingerprint density at radius 2 is 2.12 bits per heavy atom. The fourth-order valence-electron chi connectivity index (χ4n) is 2.92. The van der Waals surface area contributed by atoms with E-state index in [0.29, 0.717) is 17.2 Å². The highest BCUT2D eigenvalue weighted by atomic mass is 32.1. The summed E-state index contributed by atoms with van der Waals surface area (Å²) >= 11 is 1.80. The van der Waals surface area contributed by atoms with Crippen LogP contribution in [0.3, 0.4) is 0 Å². The number of hydrogen-bond donors (Lipinski definition) is 1. The van der Waals surface area contributed by atoms with Crippen LogP contribution in [0.1, 0.15) is 17.4 Å². The number of anilines is 1. The van der Waals surface area contributed by atoms with Crippen molar-refractivity contribution >= 4 is 22.9 Å². The lowest BCUT2D eigenvalue weighted by atomic mass is 10.1. The minimum Gasteiger partial charge on any atom is -0.497 e. The molecule has 128 valence electrons. The van der Waals surface area contributed by atoms with E-state index in [1.54, 1.807) is 43.8 Å². The highest BCUT2D eigenvalue weighted by Crippen LogP contribution is 2.30. The molecule has 0 spiro atoms. The fraction of sp³-hybridized carbons (Fsp3) is 0.389. The zero-order valence-corrected chi connectivity index (χ0v) is 15.0. The van der Waals surface area contributed by atoms with Gasteiger partial charge in [0.05, 0.1) is 25.9 Å². The van der Waals surface area contributed by atoms with Crippen LogP contribution < -0.4 is 14.8 Å². The Labute approximate surface area is 146 Å². The highest BCUT2D eigenvalue weighted by molar-refractivity contribution is 7.10. The first-order chi connectivity index (χ1) is 11.6. The summed E-state index contributed by atoms with van der Waals surface area (Å²) in [5.74, 6) is 1.26. The number of benzene rings is 1. The molecule has 0 saturated carbocycles. The molecular weight excluding hydrogens is 324 g/mol. The summed E-state index contributed by atoms with van der Waals surface area (Å²) in [6.45, 7) is 3.67. The number of ether oxygens (including phenoxy) is 2. The molecule has 1 aromatic carbocycles. The second-order valence-corrected chi connectivity index (χ2v) is 6.82. The molecule has 0 radical (unpaired) electrons. The van der Waals surface area contributed by atoms with E-state index in [-0.39, 0.29) is 11.9 Å². The molecule has 0 bridgehead atoms. The number of rotatable bonds is 5. The Bertz CT molecular complexity index is 729. The smallest absolute Gasteiger partial charge is 0.241 e. The molecule has 0 fully saturated rings. The molecule has 1 aliphatic rings. The van der Waals surface area contributed by atoms with Crippen LogP contribution in [0.25, 0.3) is 0 Å². The topological polar surface area (TPSA) is 50.8 Å². The lowest BCUT2D eigenvalue weighted by Gasteiger charge is -2.31. The van der Waals surface area contributed by atoms with Crippen LogP contribution in [0.5, 0.6) is 11.5 Å². The van der Waals surface area contributed by atoms with Gasteiger partial charge in [-0.15, -0.1) is 11.3 Å². The molecule has 6 heteroatoms. The quantitative estimate of drug-likeness (QED) is 0.904. The van der Waals surface area contributed by atoms with Gasteiger partial charge >= 0.3 is 0 Å². The summed E-state index contributed by atoms with van der Waals surface area (Å²) in [5.41, 5.74) is 1.96. The van der Waals surface area contributed by atoms with Crippen molar-refractivity contribution in [1.82, 2.24) is 4.90 Å². The predicted molar refractivity (Wildman–Crippen MR) is 96.1 cm³/mol. The number of carbonyl (C=O) groups excluding carboxylic acids is 1. The maximum Gasteiger partial charge on any atom is 0.241 e. The first-order valence-electron chi connectivity index (χ1n) is 7.94. The number of hydrogen-bond acceptors (Lipinski definition) is 5. The second-order valence-electron chi connectivity index (χ2n) is 5.82. The number of methoxy groups -OCH3 is 2. The van der Waals surface area contributed by atoms with E-state index in [0.717, 1.165) is 19.5 Å². The molecule has 1 N–H and O–H groups in total. The van der Waals surface area contributed by atoms with E-state index in [1.807, 2.05) is 6.92 Å². The van der Waals surface area contributed by atoms with Crippen LogP contribution in [0.15, 0.2) is 29.6 Å². The van der Waals surface area contributed by atoms with E-state index in [1.165, 1.54) is 10.4 Å². The van der Waals surface area contributed by atoms with Crippen LogP contribution in [-0.2, 0) is 17.8 Å². The van der Waals surface area contributed by atoms with Gasteiger partial charge in [0.2, 0.25) is 5.91 Å². The maximum atomic E-state index is 12.7. The van der Waals surface area contributed by atoms with Gasteiger partial charge in [0, 0.05) is 24.0 Å². The van der Waals surface area contributed by atoms with Crippen molar-refractivity contribution < 1.29 is 14.3 Å². The summed E-state index contributed by atoms with van der Waals surface area (Å²) in [5, 5.41) is 5.09. The van der Waals surface area contributed by atoms with Gasteiger partial charge in [-0.05, 0) is 42.5 Å². The summed E-state index contributed by atoms with van der Waals surface area (Å²) in [6, 6.07) is 7.31. The fourth-order valence-corrected chi connectivity index (χ4v) is 3.81. The van der Waals surface area contributed by atoms with E-state index >= 15 is 0 Å². The summed E-state index contributed by atoms with van der Waals surface area (Å²) in [6.07, 6.45) is 1.01. The second kappa shape index (κ2) is 7.23. The molecule has 1 aromatic heterocycles. The van der Waals surface area contributed by atoms with E-state index in [4.69, 9.17) is 9.47 Å². The lowest BCUT2D eigenvalue weighted by Crippen LogP contribution is -2.44. The molecule has 1 unspecified atom stereocenters. The Kier molecular flexibility index (Phi) is 5.06.